The van der Waals surface area contributed by atoms with Gasteiger partial charge in [-0.1, -0.05) is 57.2 Å². The molecule has 0 saturated carbocycles. The van der Waals surface area contributed by atoms with Crippen molar-refractivity contribution < 1.29 is 5.11 Å². The van der Waals surface area contributed by atoms with Crippen LogP contribution < -0.4 is 10.9 Å². The largest absolute Gasteiger partial charge is 0.507 e. The summed E-state index contributed by atoms with van der Waals surface area (Å²) in [7, 11) is 0. The Labute approximate surface area is 215 Å². The Hall–Kier alpha value is -4.78. The molecule has 0 fully saturated rings. The van der Waals surface area contributed by atoms with E-state index in [-0.39, 0.29) is 11.2 Å². The summed E-state index contributed by atoms with van der Waals surface area (Å²) in [4.78, 5) is 9.14. The minimum atomic E-state index is -0.139. The number of benzene rings is 3. The van der Waals surface area contributed by atoms with Gasteiger partial charge in [0.05, 0.1) is 23.5 Å². The number of hydrazone groups is 2. The average Bonchev–Trinajstić information content (AvgIpc) is 2.89. The van der Waals surface area contributed by atoms with Crippen LogP contribution in [-0.2, 0) is 5.41 Å². The summed E-state index contributed by atoms with van der Waals surface area (Å²) in [6.07, 6.45) is 3.19. The highest BCUT2D eigenvalue weighted by Crippen LogP contribution is 2.30. The predicted octanol–water partition coefficient (Wildman–Crippen LogP) is 6.68. The molecule has 3 aromatic carbocycles. The molecule has 0 radical (unpaired) electrons. The Kier molecular flexibility index (Phi) is 6.51. The van der Waals surface area contributed by atoms with Crippen LogP contribution in [0.1, 0.15) is 37.5 Å². The van der Waals surface area contributed by atoms with E-state index < -0.39 is 0 Å². The standard InChI is InChI=1S/C30H28N6O/c1-30(2,3)24-16-22(18-31-35-27-14-12-20-8-4-6-10-25(20)33-27)29(37)23(17-24)19-32-36-28-15-13-21-9-5-7-11-26(21)34-28/h4-19,37H,1-3H3,(H,33,35)(H,34,36)/b31-18+,32-19+. The van der Waals surface area contributed by atoms with Gasteiger partial charge in [-0.25, -0.2) is 9.97 Å². The SMILES string of the molecule is CC(C)(C)c1cc(/C=N/Nc2ccc3ccccc3n2)c(O)c(/C=N/Nc2ccc3ccccc3n2)c1. The van der Waals surface area contributed by atoms with Crippen molar-refractivity contribution in [1.82, 2.24) is 9.97 Å². The Balaban J connectivity index is 1.38. The van der Waals surface area contributed by atoms with Gasteiger partial charge in [0, 0.05) is 21.9 Å². The fourth-order valence-electron chi connectivity index (χ4n) is 3.90. The number of phenolic OH excluding ortho intramolecular Hbond substituents is 1. The van der Waals surface area contributed by atoms with Gasteiger partial charge < -0.3 is 5.11 Å². The van der Waals surface area contributed by atoms with E-state index in [1.54, 1.807) is 12.4 Å². The van der Waals surface area contributed by atoms with Crippen molar-refractivity contribution in [2.45, 2.75) is 26.2 Å². The number of para-hydroxylation sites is 2. The van der Waals surface area contributed by atoms with Crippen molar-refractivity contribution in [3.8, 4) is 5.75 Å². The van der Waals surface area contributed by atoms with Crippen LogP contribution >= 0.6 is 0 Å². The highest BCUT2D eigenvalue weighted by atomic mass is 16.3. The first-order chi connectivity index (χ1) is 17.9. The third kappa shape index (κ3) is 5.56. The van der Waals surface area contributed by atoms with E-state index in [1.165, 1.54) is 0 Å². The predicted molar refractivity (Wildman–Crippen MR) is 153 cm³/mol. The van der Waals surface area contributed by atoms with E-state index in [2.05, 4.69) is 51.8 Å². The highest BCUT2D eigenvalue weighted by molar-refractivity contribution is 5.93. The maximum atomic E-state index is 11.0. The molecule has 5 rings (SSSR count). The number of hydrogen-bond acceptors (Lipinski definition) is 7. The number of fused-ring (bicyclic) bond motifs is 2. The molecule has 7 nitrogen and oxygen atoms in total. The summed E-state index contributed by atoms with van der Waals surface area (Å²) in [6.45, 7) is 6.36. The van der Waals surface area contributed by atoms with Crippen LogP contribution in [0.4, 0.5) is 11.6 Å². The molecule has 0 atom stereocenters. The number of rotatable bonds is 6. The molecule has 0 aliphatic rings. The second kappa shape index (κ2) is 10.1. The van der Waals surface area contributed by atoms with Crippen molar-refractivity contribution in [2.75, 3.05) is 10.9 Å². The van der Waals surface area contributed by atoms with Crippen LogP contribution in [0.15, 0.2) is 95.1 Å². The fourth-order valence-corrected chi connectivity index (χ4v) is 3.90. The van der Waals surface area contributed by atoms with Gasteiger partial charge >= 0.3 is 0 Å². The maximum Gasteiger partial charge on any atom is 0.146 e. The van der Waals surface area contributed by atoms with Gasteiger partial charge in [-0.3, -0.25) is 10.9 Å². The van der Waals surface area contributed by atoms with Crippen LogP contribution in [0.5, 0.6) is 5.75 Å². The minimum absolute atomic E-state index is 0.0852. The number of phenols is 1. The lowest BCUT2D eigenvalue weighted by Crippen LogP contribution is -2.12. The number of aromatic hydroxyl groups is 1. The summed E-state index contributed by atoms with van der Waals surface area (Å²) >= 11 is 0. The molecule has 0 saturated heterocycles. The number of pyridine rings is 2. The molecular formula is C30H28N6O. The molecule has 3 N–H and O–H groups in total. The van der Waals surface area contributed by atoms with Gasteiger partial charge in [-0.05, 0) is 59.5 Å². The molecule has 7 heteroatoms. The second-order valence-corrected chi connectivity index (χ2v) is 9.77. The summed E-state index contributed by atoms with van der Waals surface area (Å²) < 4.78 is 0. The Morgan fingerprint density at radius 3 is 1.59 bits per heavy atom. The van der Waals surface area contributed by atoms with Crippen LogP contribution in [0, 0.1) is 0 Å². The fraction of sp³-hybridized carbons (Fsp3) is 0.133. The van der Waals surface area contributed by atoms with Crippen molar-refractivity contribution in [1.29, 1.82) is 0 Å². The monoisotopic (exact) mass is 488 g/mol. The van der Waals surface area contributed by atoms with E-state index in [9.17, 15) is 5.11 Å². The molecule has 0 aliphatic carbocycles. The zero-order chi connectivity index (χ0) is 25.8. The lowest BCUT2D eigenvalue weighted by atomic mass is 9.85. The lowest BCUT2D eigenvalue weighted by Gasteiger charge is -2.21. The van der Waals surface area contributed by atoms with Gasteiger partial charge in [-0.2, -0.15) is 10.2 Å². The summed E-state index contributed by atoms with van der Waals surface area (Å²) in [5, 5.41) is 21.8. The Bertz CT molecular complexity index is 1520. The topological polar surface area (TPSA) is 94.8 Å². The zero-order valence-electron chi connectivity index (χ0n) is 21.0. The van der Waals surface area contributed by atoms with E-state index in [4.69, 9.17) is 0 Å². The van der Waals surface area contributed by atoms with Gasteiger partial charge in [0.15, 0.2) is 0 Å². The molecular weight excluding hydrogens is 460 g/mol. The van der Waals surface area contributed by atoms with E-state index in [0.717, 1.165) is 27.4 Å². The normalized spacial score (nSPS) is 12.1. The first-order valence-electron chi connectivity index (χ1n) is 12.0. The van der Waals surface area contributed by atoms with Gasteiger partial charge in [0.1, 0.15) is 17.4 Å². The van der Waals surface area contributed by atoms with Crippen LogP contribution in [0.2, 0.25) is 0 Å². The molecule has 37 heavy (non-hydrogen) atoms. The molecule has 2 heterocycles. The van der Waals surface area contributed by atoms with Gasteiger partial charge in [-0.15, -0.1) is 0 Å². The van der Waals surface area contributed by atoms with Crippen LogP contribution in [0.3, 0.4) is 0 Å². The second-order valence-electron chi connectivity index (χ2n) is 9.77. The first kappa shape index (κ1) is 23.9. The summed E-state index contributed by atoms with van der Waals surface area (Å²) in [5.41, 5.74) is 9.74. The molecule has 0 bridgehead atoms. The van der Waals surface area contributed by atoms with E-state index in [1.807, 2.05) is 84.9 Å². The van der Waals surface area contributed by atoms with Crippen molar-refractivity contribution in [3.05, 3.63) is 102 Å². The number of hydrogen-bond donors (Lipinski definition) is 3. The van der Waals surface area contributed by atoms with Crippen LogP contribution in [-0.4, -0.2) is 27.5 Å². The van der Waals surface area contributed by atoms with Crippen molar-refractivity contribution in [3.63, 3.8) is 0 Å². The Morgan fingerprint density at radius 2 is 1.14 bits per heavy atom. The van der Waals surface area contributed by atoms with E-state index >= 15 is 0 Å². The quantitative estimate of drug-likeness (QED) is 0.183. The molecule has 0 aliphatic heterocycles. The van der Waals surface area contributed by atoms with E-state index in [0.29, 0.717) is 22.8 Å². The van der Waals surface area contributed by atoms with Gasteiger partial charge in [0.2, 0.25) is 0 Å². The molecule has 0 amide bonds. The molecule has 184 valence electrons. The van der Waals surface area contributed by atoms with Crippen molar-refractivity contribution >= 4 is 45.9 Å². The third-order valence-electron chi connectivity index (χ3n) is 6.00. The van der Waals surface area contributed by atoms with Crippen molar-refractivity contribution in [2.24, 2.45) is 10.2 Å². The van der Waals surface area contributed by atoms with Crippen LogP contribution in [0.25, 0.3) is 21.8 Å². The van der Waals surface area contributed by atoms with Gasteiger partial charge in [0.25, 0.3) is 0 Å². The molecule has 5 aromatic rings. The zero-order valence-corrected chi connectivity index (χ0v) is 21.0. The number of aromatic nitrogens is 2. The average molecular weight is 489 g/mol. The smallest absolute Gasteiger partial charge is 0.146 e. The molecule has 0 unspecified atom stereocenters. The maximum absolute atomic E-state index is 11.0. The lowest BCUT2D eigenvalue weighted by molar-refractivity contribution is 0.472. The summed E-state index contributed by atoms with van der Waals surface area (Å²) in [6, 6.07) is 27.4. The third-order valence-corrected chi connectivity index (χ3v) is 6.00. The molecule has 0 spiro atoms. The Morgan fingerprint density at radius 1 is 0.676 bits per heavy atom. The summed E-state index contributed by atoms with van der Waals surface area (Å²) in [5.74, 6) is 1.33. The number of anilines is 2. The highest BCUT2D eigenvalue weighted by Gasteiger charge is 2.18. The molecule has 2 aromatic heterocycles. The first-order valence-corrected chi connectivity index (χ1v) is 12.0. The number of nitrogens with zero attached hydrogens (tertiary/aromatic N) is 4. The number of nitrogens with one attached hydrogen (secondary N) is 2. The minimum Gasteiger partial charge on any atom is -0.507 e.